The monoisotopic (exact) mass is 398 g/mol. The SMILES string of the molecule is C=NS(=O)(=O)c1ccc(CCNC(=O)C(N)Cc2c[nH]c3ccccc23)cc1. The van der Waals surface area contributed by atoms with Crippen molar-refractivity contribution in [2.75, 3.05) is 6.54 Å². The number of benzene rings is 2. The topological polar surface area (TPSA) is 117 Å². The molecule has 0 saturated heterocycles. The minimum Gasteiger partial charge on any atom is -0.361 e. The number of nitrogens with zero attached hydrogens (tertiary/aromatic N) is 1. The first-order chi connectivity index (χ1) is 13.4. The lowest BCUT2D eigenvalue weighted by Crippen LogP contribution is -2.42. The molecule has 7 nitrogen and oxygen atoms in total. The number of aromatic nitrogens is 1. The van der Waals surface area contributed by atoms with E-state index in [-0.39, 0.29) is 10.8 Å². The Balaban J connectivity index is 1.52. The van der Waals surface area contributed by atoms with Crippen LogP contribution >= 0.6 is 0 Å². The van der Waals surface area contributed by atoms with E-state index in [0.717, 1.165) is 22.0 Å². The smallest absolute Gasteiger partial charge is 0.281 e. The van der Waals surface area contributed by atoms with E-state index in [1.54, 1.807) is 12.1 Å². The van der Waals surface area contributed by atoms with E-state index in [0.29, 0.717) is 19.4 Å². The molecule has 3 aromatic rings. The fourth-order valence-corrected chi connectivity index (χ4v) is 3.62. The summed E-state index contributed by atoms with van der Waals surface area (Å²) in [6, 6.07) is 13.6. The van der Waals surface area contributed by atoms with Gasteiger partial charge in [0, 0.05) is 30.4 Å². The van der Waals surface area contributed by atoms with Crippen LogP contribution in [0.15, 0.2) is 64.0 Å². The molecule has 2 aromatic carbocycles. The summed E-state index contributed by atoms with van der Waals surface area (Å²) in [7, 11) is -3.68. The summed E-state index contributed by atoms with van der Waals surface area (Å²) in [4.78, 5) is 15.5. The Hall–Kier alpha value is -2.97. The van der Waals surface area contributed by atoms with Gasteiger partial charge in [-0.3, -0.25) is 4.79 Å². The van der Waals surface area contributed by atoms with E-state index in [1.165, 1.54) is 12.1 Å². The molecule has 0 radical (unpaired) electrons. The fourth-order valence-electron chi connectivity index (χ4n) is 2.99. The number of nitrogens with two attached hydrogens (primary N) is 1. The Bertz CT molecular complexity index is 1090. The molecule has 28 heavy (non-hydrogen) atoms. The molecule has 0 bridgehead atoms. The summed E-state index contributed by atoms with van der Waals surface area (Å²) in [6.07, 6.45) is 2.88. The second-order valence-corrected chi connectivity index (χ2v) is 8.14. The molecule has 8 heteroatoms. The Morgan fingerprint density at radius 1 is 1.18 bits per heavy atom. The molecule has 1 unspecified atom stereocenters. The quantitative estimate of drug-likeness (QED) is 0.501. The minimum atomic E-state index is -3.68. The summed E-state index contributed by atoms with van der Waals surface area (Å²) in [5.41, 5.74) is 8.97. The second kappa shape index (κ2) is 8.37. The van der Waals surface area contributed by atoms with Gasteiger partial charge in [-0.1, -0.05) is 30.3 Å². The van der Waals surface area contributed by atoms with Crippen LogP contribution < -0.4 is 11.1 Å². The van der Waals surface area contributed by atoms with E-state index in [9.17, 15) is 13.2 Å². The molecule has 1 heterocycles. The third-order valence-corrected chi connectivity index (χ3v) is 5.76. The lowest BCUT2D eigenvalue weighted by molar-refractivity contribution is -0.122. The van der Waals surface area contributed by atoms with Crippen LogP contribution in [0, 0.1) is 0 Å². The maximum absolute atomic E-state index is 12.3. The standard InChI is InChI=1S/C20H22N4O3S/c1-22-28(26,27)16-8-6-14(7-9-16)10-11-23-20(25)18(21)12-15-13-24-19-5-3-2-4-17(15)19/h2-9,13,18,24H,1,10-12,21H2,(H,23,25). The van der Waals surface area contributed by atoms with Gasteiger partial charge in [-0.05, 0) is 42.2 Å². The lowest BCUT2D eigenvalue weighted by Gasteiger charge is -2.12. The van der Waals surface area contributed by atoms with Gasteiger partial charge < -0.3 is 16.0 Å². The van der Waals surface area contributed by atoms with Gasteiger partial charge >= 0.3 is 0 Å². The number of fused-ring (bicyclic) bond motifs is 1. The van der Waals surface area contributed by atoms with Crippen molar-refractivity contribution in [3.05, 3.63) is 65.9 Å². The summed E-state index contributed by atoms with van der Waals surface area (Å²) in [6.45, 7) is 3.47. The van der Waals surface area contributed by atoms with Gasteiger partial charge in [-0.15, -0.1) is 0 Å². The first-order valence-electron chi connectivity index (χ1n) is 8.81. The van der Waals surface area contributed by atoms with E-state index >= 15 is 0 Å². The van der Waals surface area contributed by atoms with Gasteiger partial charge in [-0.2, -0.15) is 12.8 Å². The molecular formula is C20H22N4O3S. The largest absolute Gasteiger partial charge is 0.361 e. The molecule has 0 aliphatic rings. The Kier molecular flexibility index (Phi) is 5.91. The van der Waals surface area contributed by atoms with Crippen LogP contribution in [0.5, 0.6) is 0 Å². The molecule has 0 saturated carbocycles. The molecular weight excluding hydrogens is 376 g/mol. The highest BCUT2D eigenvalue weighted by Gasteiger charge is 2.16. The zero-order chi connectivity index (χ0) is 20.1. The van der Waals surface area contributed by atoms with E-state index < -0.39 is 16.1 Å². The summed E-state index contributed by atoms with van der Waals surface area (Å²) in [5, 5.41) is 3.89. The lowest BCUT2D eigenvalue weighted by atomic mass is 10.0. The number of hydrogen-bond donors (Lipinski definition) is 3. The number of aromatic amines is 1. The fraction of sp³-hybridized carbons (Fsp3) is 0.200. The number of H-pyrrole nitrogens is 1. The van der Waals surface area contributed by atoms with Crippen molar-refractivity contribution in [2.24, 2.45) is 10.1 Å². The maximum Gasteiger partial charge on any atom is 0.281 e. The van der Waals surface area contributed by atoms with Gasteiger partial charge in [-0.25, -0.2) is 0 Å². The molecule has 0 aliphatic carbocycles. The van der Waals surface area contributed by atoms with Crippen LogP contribution in [0.25, 0.3) is 10.9 Å². The highest BCUT2D eigenvalue weighted by molar-refractivity contribution is 7.90. The Morgan fingerprint density at radius 2 is 1.89 bits per heavy atom. The zero-order valence-corrected chi connectivity index (χ0v) is 16.1. The molecule has 0 aliphatic heterocycles. The van der Waals surface area contributed by atoms with Crippen molar-refractivity contribution < 1.29 is 13.2 Å². The van der Waals surface area contributed by atoms with E-state index in [4.69, 9.17) is 5.73 Å². The predicted octanol–water partition coefficient (Wildman–Crippen LogP) is 1.79. The maximum atomic E-state index is 12.3. The van der Waals surface area contributed by atoms with Crippen molar-refractivity contribution in [1.29, 1.82) is 0 Å². The number of nitrogens with one attached hydrogen (secondary N) is 2. The first-order valence-corrected chi connectivity index (χ1v) is 10.2. The minimum absolute atomic E-state index is 0.0936. The highest BCUT2D eigenvalue weighted by Crippen LogP contribution is 2.18. The Labute approximate surface area is 163 Å². The number of carbonyl (C=O) groups excluding carboxylic acids is 1. The number of rotatable bonds is 8. The number of sulfonamides is 1. The molecule has 146 valence electrons. The molecule has 1 aromatic heterocycles. The zero-order valence-electron chi connectivity index (χ0n) is 15.3. The molecule has 0 fully saturated rings. The normalized spacial score (nSPS) is 12.6. The number of carbonyl (C=O) groups is 1. The number of hydrogen-bond acceptors (Lipinski definition) is 4. The molecule has 3 rings (SSSR count). The third-order valence-electron chi connectivity index (χ3n) is 4.56. The van der Waals surface area contributed by atoms with Crippen LogP contribution in [0.2, 0.25) is 0 Å². The molecule has 1 amide bonds. The van der Waals surface area contributed by atoms with Gasteiger partial charge in [0.15, 0.2) is 0 Å². The van der Waals surface area contributed by atoms with Gasteiger partial charge in [0.25, 0.3) is 10.0 Å². The van der Waals surface area contributed by atoms with Gasteiger partial charge in [0.1, 0.15) is 0 Å². The van der Waals surface area contributed by atoms with Crippen molar-refractivity contribution in [1.82, 2.24) is 10.3 Å². The van der Waals surface area contributed by atoms with Crippen LogP contribution in [0.1, 0.15) is 11.1 Å². The Morgan fingerprint density at radius 3 is 2.61 bits per heavy atom. The molecule has 4 N–H and O–H groups in total. The molecule has 0 spiro atoms. The average molecular weight is 398 g/mol. The first kappa shape index (κ1) is 19.8. The third kappa shape index (κ3) is 4.47. The van der Waals surface area contributed by atoms with E-state index in [2.05, 4.69) is 21.4 Å². The van der Waals surface area contributed by atoms with Crippen molar-refractivity contribution in [3.8, 4) is 0 Å². The number of para-hydroxylation sites is 1. The van der Waals surface area contributed by atoms with Crippen molar-refractivity contribution in [2.45, 2.75) is 23.8 Å². The summed E-state index contributed by atoms with van der Waals surface area (Å²) >= 11 is 0. The van der Waals surface area contributed by atoms with Gasteiger partial charge in [0.05, 0.1) is 10.9 Å². The average Bonchev–Trinajstić information content (AvgIpc) is 3.11. The van der Waals surface area contributed by atoms with Crippen molar-refractivity contribution >= 4 is 33.6 Å². The summed E-state index contributed by atoms with van der Waals surface area (Å²) < 4.78 is 26.3. The van der Waals surface area contributed by atoms with Gasteiger partial charge in [0.2, 0.25) is 5.91 Å². The molecule has 1 atom stereocenters. The summed E-state index contributed by atoms with van der Waals surface area (Å²) in [5.74, 6) is -0.222. The van der Waals surface area contributed by atoms with Crippen LogP contribution in [0.4, 0.5) is 0 Å². The van der Waals surface area contributed by atoms with Crippen molar-refractivity contribution in [3.63, 3.8) is 0 Å². The highest BCUT2D eigenvalue weighted by atomic mass is 32.2. The number of amides is 1. The van der Waals surface area contributed by atoms with Crippen LogP contribution in [0.3, 0.4) is 0 Å². The van der Waals surface area contributed by atoms with Crippen LogP contribution in [-0.4, -0.2) is 38.6 Å². The van der Waals surface area contributed by atoms with E-state index in [1.807, 2.05) is 30.5 Å². The van der Waals surface area contributed by atoms with Crippen LogP contribution in [-0.2, 0) is 27.7 Å². The second-order valence-electron chi connectivity index (χ2n) is 6.46. The predicted molar refractivity (Wildman–Crippen MR) is 110 cm³/mol.